The van der Waals surface area contributed by atoms with Gasteiger partial charge in [0.25, 0.3) is 0 Å². The molecule has 0 aliphatic rings. The van der Waals surface area contributed by atoms with E-state index in [-0.39, 0.29) is 0 Å². The van der Waals surface area contributed by atoms with Gasteiger partial charge in [0, 0.05) is 16.6 Å². The Balaban J connectivity index is 2.50. The third-order valence-electron chi connectivity index (χ3n) is 2.56. The summed E-state index contributed by atoms with van der Waals surface area (Å²) in [5.74, 6) is 0.858. The largest absolute Gasteiger partial charge is 0.311 e. The Morgan fingerprint density at radius 2 is 2.06 bits per heavy atom. The highest BCUT2D eigenvalue weighted by molar-refractivity contribution is 6.31. The van der Waals surface area contributed by atoms with Crippen molar-refractivity contribution < 1.29 is 0 Å². The predicted octanol–water partition coefficient (Wildman–Crippen LogP) is 3.49. The van der Waals surface area contributed by atoms with E-state index >= 15 is 0 Å². The molecule has 84 valence electrons. The molecule has 2 aromatic rings. The summed E-state index contributed by atoms with van der Waals surface area (Å²) in [4.78, 5) is 0. The number of halogens is 1. The van der Waals surface area contributed by atoms with Gasteiger partial charge in [0.15, 0.2) is 5.82 Å². The van der Waals surface area contributed by atoms with Crippen molar-refractivity contribution in [1.29, 1.82) is 0 Å². The van der Waals surface area contributed by atoms with Gasteiger partial charge < -0.3 is 4.57 Å². The lowest BCUT2D eigenvalue weighted by atomic mass is 10.1. The zero-order valence-electron chi connectivity index (χ0n) is 9.61. The van der Waals surface area contributed by atoms with Gasteiger partial charge in [0.05, 0.1) is 0 Å². The Morgan fingerprint density at radius 1 is 1.31 bits per heavy atom. The Bertz CT molecular complexity index is 503. The molecule has 0 spiro atoms. The van der Waals surface area contributed by atoms with E-state index in [4.69, 9.17) is 11.6 Å². The molecule has 16 heavy (non-hydrogen) atoms. The van der Waals surface area contributed by atoms with Crippen LogP contribution in [-0.2, 0) is 0 Å². The van der Waals surface area contributed by atoms with Crippen LogP contribution < -0.4 is 0 Å². The second-order valence-electron chi connectivity index (χ2n) is 4.12. The molecule has 0 unspecified atom stereocenters. The van der Waals surface area contributed by atoms with E-state index in [0.29, 0.717) is 6.04 Å². The Morgan fingerprint density at radius 3 is 2.69 bits per heavy atom. The molecule has 1 aromatic carbocycles. The summed E-state index contributed by atoms with van der Waals surface area (Å²) in [6.07, 6.45) is 1.74. The molecule has 2 rings (SSSR count). The Labute approximate surface area is 100 Å². The van der Waals surface area contributed by atoms with Crippen molar-refractivity contribution in [3.63, 3.8) is 0 Å². The summed E-state index contributed by atoms with van der Waals surface area (Å²) in [6, 6.07) is 6.28. The van der Waals surface area contributed by atoms with Crippen molar-refractivity contribution >= 4 is 11.6 Å². The zero-order valence-corrected chi connectivity index (χ0v) is 10.4. The minimum Gasteiger partial charge on any atom is -0.311 e. The Hall–Kier alpha value is -1.35. The van der Waals surface area contributed by atoms with Crippen molar-refractivity contribution in [2.75, 3.05) is 0 Å². The summed E-state index contributed by atoms with van der Waals surface area (Å²) < 4.78 is 2.03. The van der Waals surface area contributed by atoms with Crippen LogP contribution in [0.1, 0.15) is 25.5 Å². The maximum Gasteiger partial charge on any atom is 0.164 e. The number of aromatic nitrogens is 3. The average molecular weight is 236 g/mol. The fourth-order valence-corrected chi connectivity index (χ4v) is 1.74. The van der Waals surface area contributed by atoms with Crippen LogP contribution in [0.3, 0.4) is 0 Å². The third kappa shape index (κ3) is 1.95. The van der Waals surface area contributed by atoms with Gasteiger partial charge in [0.2, 0.25) is 0 Å². The first kappa shape index (κ1) is 11.1. The maximum atomic E-state index is 6.11. The number of hydrogen-bond acceptors (Lipinski definition) is 2. The smallest absolute Gasteiger partial charge is 0.164 e. The van der Waals surface area contributed by atoms with E-state index in [1.54, 1.807) is 6.33 Å². The van der Waals surface area contributed by atoms with Gasteiger partial charge >= 0.3 is 0 Å². The van der Waals surface area contributed by atoms with E-state index in [9.17, 15) is 0 Å². The normalized spacial score (nSPS) is 11.1. The van der Waals surface area contributed by atoms with Crippen molar-refractivity contribution in [1.82, 2.24) is 14.8 Å². The fourth-order valence-electron chi connectivity index (χ4n) is 1.56. The standard InChI is InChI=1S/C12H14ClN3/c1-8(2)16-7-14-15-12(16)10-5-4-9(3)11(13)6-10/h4-8H,1-3H3. The number of hydrogen-bond donors (Lipinski definition) is 0. The van der Waals surface area contributed by atoms with E-state index in [1.807, 2.05) is 29.7 Å². The number of rotatable bonds is 2. The number of aryl methyl sites for hydroxylation is 1. The predicted molar refractivity (Wildman–Crippen MR) is 65.6 cm³/mol. The first-order chi connectivity index (χ1) is 7.59. The summed E-state index contributed by atoms with van der Waals surface area (Å²) >= 11 is 6.11. The van der Waals surface area contributed by atoms with Gasteiger partial charge in [-0.05, 0) is 32.4 Å². The first-order valence-electron chi connectivity index (χ1n) is 5.25. The third-order valence-corrected chi connectivity index (χ3v) is 2.97. The van der Waals surface area contributed by atoms with Gasteiger partial charge in [-0.1, -0.05) is 23.7 Å². The molecule has 0 saturated carbocycles. The highest BCUT2D eigenvalue weighted by atomic mass is 35.5. The second-order valence-corrected chi connectivity index (χ2v) is 4.53. The molecule has 0 fully saturated rings. The van der Waals surface area contributed by atoms with Crippen molar-refractivity contribution in [3.05, 3.63) is 35.1 Å². The molecular weight excluding hydrogens is 222 g/mol. The number of benzene rings is 1. The molecule has 0 saturated heterocycles. The molecule has 4 heteroatoms. The first-order valence-corrected chi connectivity index (χ1v) is 5.63. The molecule has 0 aliphatic heterocycles. The monoisotopic (exact) mass is 235 g/mol. The maximum absolute atomic E-state index is 6.11. The summed E-state index contributed by atoms with van der Waals surface area (Å²) in [5, 5.41) is 8.83. The van der Waals surface area contributed by atoms with Gasteiger partial charge in [-0.3, -0.25) is 0 Å². The molecule has 0 atom stereocenters. The lowest BCUT2D eigenvalue weighted by molar-refractivity contribution is 0.604. The van der Waals surface area contributed by atoms with Crippen LogP contribution in [0.15, 0.2) is 24.5 Å². The average Bonchev–Trinajstić information content (AvgIpc) is 2.71. The summed E-state index contributed by atoms with van der Waals surface area (Å²) in [5.41, 5.74) is 2.07. The van der Waals surface area contributed by atoms with Crippen LogP contribution in [-0.4, -0.2) is 14.8 Å². The van der Waals surface area contributed by atoms with Crippen LogP contribution in [0.2, 0.25) is 5.02 Å². The van der Waals surface area contributed by atoms with E-state index in [0.717, 1.165) is 22.0 Å². The lowest BCUT2D eigenvalue weighted by Gasteiger charge is -2.10. The minimum absolute atomic E-state index is 0.338. The molecule has 0 radical (unpaired) electrons. The molecule has 1 heterocycles. The molecular formula is C12H14ClN3. The molecule has 0 aliphatic carbocycles. The van der Waals surface area contributed by atoms with Gasteiger partial charge in [-0.2, -0.15) is 0 Å². The zero-order chi connectivity index (χ0) is 11.7. The minimum atomic E-state index is 0.338. The van der Waals surface area contributed by atoms with E-state index < -0.39 is 0 Å². The van der Waals surface area contributed by atoms with Crippen LogP contribution >= 0.6 is 11.6 Å². The SMILES string of the molecule is Cc1ccc(-c2nncn2C(C)C)cc1Cl. The van der Waals surface area contributed by atoms with Crippen LogP contribution in [0, 0.1) is 6.92 Å². The molecule has 0 N–H and O–H groups in total. The van der Waals surface area contributed by atoms with Crippen LogP contribution in [0.25, 0.3) is 11.4 Å². The quantitative estimate of drug-likeness (QED) is 0.798. The molecule has 0 amide bonds. The molecule has 0 bridgehead atoms. The molecule has 3 nitrogen and oxygen atoms in total. The van der Waals surface area contributed by atoms with Crippen molar-refractivity contribution in [2.24, 2.45) is 0 Å². The summed E-state index contributed by atoms with van der Waals surface area (Å²) in [7, 11) is 0. The van der Waals surface area contributed by atoms with Crippen molar-refractivity contribution in [3.8, 4) is 11.4 Å². The van der Waals surface area contributed by atoms with Gasteiger partial charge in [0.1, 0.15) is 6.33 Å². The van der Waals surface area contributed by atoms with Gasteiger partial charge in [-0.25, -0.2) is 0 Å². The van der Waals surface area contributed by atoms with Gasteiger partial charge in [-0.15, -0.1) is 10.2 Å². The molecule has 1 aromatic heterocycles. The van der Waals surface area contributed by atoms with Crippen LogP contribution in [0.5, 0.6) is 0 Å². The highest BCUT2D eigenvalue weighted by Crippen LogP contribution is 2.25. The number of nitrogens with zero attached hydrogens (tertiary/aromatic N) is 3. The topological polar surface area (TPSA) is 30.7 Å². The van der Waals surface area contributed by atoms with E-state index in [2.05, 4.69) is 24.0 Å². The highest BCUT2D eigenvalue weighted by Gasteiger charge is 2.10. The van der Waals surface area contributed by atoms with Crippen molar-refractivity contribution in [2.45, 2.75) is 26.8 Å². The van der Waals surface area contributed by atoms with Crippen LogP contribution in [0.4, 0.5) is 0 Å². The Kier molecular flexibility index (Phi) is 2.97. The van der Waals surface area contributed by atoms with E-state index in [1.165, 1.54) is 0 Å². The summed E-state index contributed by atoms with van der Waals surface area (Å²) in [6.45, 7) is 6.19. The fraction of sp³-hybridized carbons (Fsp3) is 0.333. The second kappa shape index (κ2) is 4.26. The lowest BCUT2D eigenvalue weighted by Crippen LogP contribution is -2.01.